The number of sulfonamides is 1. The lowest BCUT2D eigenvalue weighted by Gasteiger charge is -2.34. The van der Waals surface area contributed by atoms with E-state index in [0.29, 0.717) is 18.8 Å². The van der Waals surface area contributed by atoms with Gasteiger partial charge in [0.05, 0.1) is 4.90 Å². The van der Waals surface area contributed by atoms with Gasteiger partial charge >= 0.3 is 0 Å². The molecule has 0 atom stereocenters. The summed E-state index contributed by atoms with van der Waals surface area (Å²) in [5, 5.41) is 0. The number of aryl methyl sites for hydroxylation is 1. The van der Waals surface area contributed by atoms with Gasteiger partial charge in [0.15, 0.2) is 0 Å². The standard InChI is InChI=1S/C17H18N2O2S/c1-14-7-9-16(10-8-14)22(20,21)18-17-11-12-19(17)13-15-5-3-2-4-6-15/h2-10H,11-13H2,1H3/b18-17+. The van der Waals surface area contributed by atoms with Gasteiger partial charge in [-0.25, -0.2) is 0 Å². The minimum absolute atomic E-state index is 0.247. The molecule has 1 aliphatic rings. The molecule has 22 heavy (non-hydrogen) atoms. The lowest BCUT2D eigenvalue weighted by Crippen LogP contribution is -2.43. The van der Waals surface area contributed by atoms with Crippen molar-refractivity contribution in [2.45, 2.75) is 24.8 Å². The molecular weight excluding hydrogens is 296 g/mol. The average Bonchev–Trinajstić information content (AvgIpc) is 2.51. The maximum absolute atomic E-state index is 12.3. The van der Waals surface area contributed by atoms with Gasteiger partial charge in [-0.3, -0.25) is 0 Å². The van der Waals surface area contributed by atoms with Crippen molar-refractivity contribution in [1.29, 1.82) is 0 Å². The van der Waals surface area contributed by atoms with E-state index in [0.717, 1.165) is 17.7 Å². The second-order valence-corrected chi connectivity index (χ2v) is 7.06. The second-order valence-electron chi connectivity index (χ2n) is 5.45. The Morgan fingerprint density at radius 1 is 1.05 bits per heavy atom. The van der Waals surface area contributed by atoms with E-state index >= 15 is 0 Å². The molecule has 0 N–H and O–H groups in total. The Hall–Kier alpha value is -2.14. The van der Waals surface area contributed by atoms with E-state index in [9.17, 15) is 8.42 Å². The average molecular weight is 314 g/mol. The zero-order valence-electron chi connectivity index (χ0n) is 12.4. The molecule has 0 bridgehead atoms. The van der Waals surface area contributed by atoms with E-state index in [1.54, 1.807) is 24.3 Å². The Bertz CT molecular complexity index is 781. The maximum atomic E-state index is 12.3. The summed E-state index contributed by atoms with van der Waals surface area (Å²) in [5.74, 6) is 0.643. The lowest BCUT2D eigenvalue weighted by molar-refractivity contribution is 0.352. The van der Waals surface area contributed by atoms with Crippen LogP contribution in [-0.4, -0.2) is 25.7 Å². The molecule has 1 aliphatic heterocycles. The second kappa shape index (κ2) is 5.93. The SMILES string of the molecule is Cc1ccc(S(=O)(=O)/N=C2\CCN2Cc2ccccc2)cc1. The smallest absolute Gasteiger partial charge is 0.283 e. The van der Waals surface area contributed by atoms with Crippen molar-refractivity contribution < 1.29 is 8.42 Å². The van der Waals surface area contributed by atoms with Gasteiger partial charge in [-0.1, -0.05) is 48.0 Å². The van der Waals surface area contributed by atoms with Crippen LogP contribution in [0.3, 0.4) is 0 Å². The van der Waals surface area contributed by atoms with Crippen molar-refractivity contribution in [3.05, 3.63) is 65.7 Å². The first-order valence-corrected chi connectivity index (χ1v) is 8.68. The molecule has 1 fully saturated rings. The van der Waals surface area contributed by atoms with E-state index in [1.807, 2.05) is 42.2 Å². The summed E-state index contributed by atoms with van der Waals surface area (Å²) < 4.78 is 28.7. The van der Waals surface area contributed by atoms with Gasteiger partial charge in [-0.15, -0.1) is 4.40 Å². The van der Waals surface area contributed by atoms with Crippen LogP contribution < -0.4 is 0 Å². The predicted molar refractivity (Wildman–Crippen MR) is 87.3 cm³/mol. The molecule has 0 saturated carbocycles. The number of rotatable bonds is 4. The minimum Gasteiger partial charge on any atom is -0.355 e. The third kappa shape index (κ3) is 3.20. The molecule has 1 saturated heterocycles. The van der Waals surface area contributed by atoms with Crippen LogP contribution in [0.25, 0.3) is 0 Å². The van der Waals surface area contributed by atoms with Crippen molar-refractivity contribution in [3.63, 3.8) is 0 Å². The van der Waals surface area contributed by atoms with Crippen molar-refractivity contribution in [2.75, 3.05) is 6.54 Å². The van der Waals surface area contributed by atoms with Crippen LogP contribution in [0.4, 0.5) is 0 Å². The fourth-order valence-corrected chi connectivity index (χ4v) is 3.42. The number of nitrogens with zero attached hydrogens (tertiary/aromatic N) is 2. The third-order valence-corrected chi connectivity index (χ3v) is 5.05. The number of hydrogen-bond donors (Lipinski definition) is 0. The Balaban J connectivity index is 1.78. The Morgan fingerprint density at radius 2 is 1.73 bits per heavy atom. The first kappa shape index (κ1) is 14.8. The molecule has 2 aromatic carbocycles. The molecule has 0 amide bonds. The lowest BCUT2D eigenvalue weighted by atomic mass is 10.1. The summed E-state index contributed by atoms with van der Waals surface area (Å²) >= 11 is 0. The fraction of sp³-hybridized carbons (Fsp3) is 0.235. The zero-order chi connectivity index (χ0) is 15.6. The first-order valence-electron chi connectivity index (χ1n) is 7.24. The summed E-state index contributed by atoms with van der Waals surface area (Å²) in [7, 11) is -3.62. The van der Waals surface area contributed by atoms with E-state index in [1.165, 1.54) is 0 Å². The normalized spacial score (nSPS) is 16.6. The summed E-state index contributed by atoms with van der Waals surface area (Å²) in [6, 6.07) is 16.8. The molecule has 1 heterocycles. The van der Waals surface area contributed by atoms with Crippen LogP contribution in [-0.2, 0) is 16.6 Å². The van der Waals surface area contributed by atoms with Gasteiger partial charge in [-0.05, 0) is 24.6 Å². The molecule has 2 aromatic rings. The van der Waals surface area contributed by atoms with Gasteiger partial charge in [0.1, 0.15) is 5.84 Å². The van der Waals surface area contributed by atoms with Crippen LogP contribution in [0.1, 0.15) is 17.5 Å². The van der Waals surface area contributed by atoms with E-state index in [2.05, 4.69) is 4.40 Å². The van der Waals surface area contributed by atoms with Crippen molar-refractivity contribution >= 4 is 15.9 Å². The molecule has 5 heteroatoms. The van der Waals surface area contributed by atoms with E-state index in [4.69, 9.17) is 0 Å². The van der Waals surface area contributed by atoms with Crippen LogP contribution in [0.2, 0.25) is 0 Å². The highest BCUT2D eigenvalue weighted by atomic mass is 32.2. The molecular formula is C17H18N2O2S. The largest absolute Gasteiger partial charge is 0.355 e. The zero-order valence-corrected chi connectivity index (χ0v) is 13.3. The summed E-state index contributed by atoms with van der Waals surface area (Å²) in [5.41, 5.74) is 2.18. The number of benzene rings is 2. The summed E-state index contributed by atoms with van der Waals surface area (Å²) in [6.45, 7) is 3.47. The highest BCUT2D eigenvalue weighted by Crippen LogP contribution is 2.20. The van der Waals surface area contributed by atoms with E-state index < -0.39 is 10.0 Å². The predicted octanol–water partition coefficient (Wildman–Crippen LogP) is 2.99. The number of amidine groups is 1. The Morgan fingerprint density at radius 3 is 2.32 bits per heavy atom. The quantitative estimate of drug-likeness (QED) is 0.871. The van der Waals surface area contributed by atoms with Crippen molar-refractivity contribution in [1.82, 2.24) is 4.90 Å². The number of hydrogen-bond acceptors (Lipinski definition) is 2. The van der Waals surface area contributed by atoms with Gasteiger partial charge in [0, 0.05) is 19.5 Å². The third-order valence-electron chi connectivity index (χ3n) is 3.73. The Kier molecular flexibility index (Phi) is 3.98. The van der Waals surface area contributed by atoms with Crippen LogP contribution in [0, 0.1) is 6.92 Å². The van der Waals surface area contributed by atoms with Gasteiger partial charge in [-0.2, -0.15) is 8.42 Å². The topological polar surface area (TPSA) is 49.7 Å². The molecule has 3 rings (SSSR count). The van der Waals surface area contributed by atoms with Crippen LogP contribution in [0.15, 0.2) is 63.9 Å². The minimum atomic E-state index is -3.62. The molecule has 0 aliphatic carbocycles. The fourth-order valence-electron chi connectivity index (χ4n) is 2.35. The summed E-state index contributed by atoms with van der Waals surface area (Å²) in [4.78, 5) is 2.25. The Labute approximate surface area is 131 Å². The number of likely N-dealkylation sites (tertiary alicyclic amines) is 1. The first-order chi connectivity index (χ1) is 10.5. The van der Waals surface area contributed by atoms with Gasteiger partial charge < -0.3 is 4.90 Å². The summed E-state index contributed by atoms with van der Waals surface area (Å²) in [6.07, 6.45) is 0.706. The highest BCUT2D eigenvalue weighted by molar-refractivity contribution is 7.90. The van der Waals surface area contributed by atoms with Crippen molar-refractivity contribution in [3.8, 4) is 0 Å². The van der Waals surface area contributed by atoms with Gasteiger partial charge in [0.2, 0.25) is 0 Å². The van der Waals surface area contributed by atoms with E-state index in [-0.39, 0.29) is 4.90 Å². The molecule has 0 radical (unpaired) electrons. The highest BCUT2D eigenvalue weighted by Gasteiger charge is 2.25. The van der Waals surface area contributed by atoms with Gasteiger partial charge in [0.25, 0.3) is 10.0 Å². The maximum Gasteiger partial charge on any atom is 0.283 e. The van der Waals surface area contributed by atoms with Crippen LogP contribution >= 0.6 is 0 Å². The monoisotopic (exact) mass is 314 g/mol. The molecule has 0 spiro atoms. The van der Waals surface area contributed by atoms with Crippen LogP contribution in [0.5, 0.6) is 0 Å². The van der Waals surface area contributed by atoms with Crippen molar-refractivity contribution in [2.24, 2.45) is 4.40 Å². The molecule has 0 unspecified atom stereocenters. The molecule has 114 valence electrons. The molecule has 0 aromatic heterocycles. The molecule has 4 nitrogen and oxygen atoms in total.